The SMILES string of the molecule is Cn1c(N2CCC(C(F)(F)F)CC2)nc2cc(-c3ccc(-c4ccc(Cl)cc4)cn3)ccc21. The van der Waals surface area contributed by atoms with E-state index in [2.05, 4.69) is 4.98 Å². The number of benzene rings is 2. The zero-order chi connectivity index (χ0) is 23.2. The van der Waals surface area contributed by atoms with Gasteiger partial charge in [0.1, 0.15) is 0 Å². The molecule has 1 aliphatic rings. The molecule has 0 saturated carbocycles. The molecule has 3 heterocycles. The summed E-state index contributed by atoms with van der Waals surface area (Å²) in [7, 11) is 1.90. The highest BCUT2D eigenvalue weighted by Gasteiger charge is 2.41. The van der Waals surface area contributed by atoms with Gasteiger partial charge in [-0.3, -0.25) is 4.98 Å². The molecular formula is C25H22ClF3N4. The first-order valence-corrected chi connectivity index (χ1v) is 11.2. The van der Waals surface area contributed by atoms with Crippen molar-refractivity contribution in [3.8, 4) is 22.4 Å². The third-order valence-corrected chi connectivity index (χ3v) is 6.59. The van der Waals surface area contributed by atoms with Crippen LogP contribution in [-0.2, 0) is 7.05 Å². The summed E-state index contributed by atoms with van der Waals surface area (Å²) in [5.41, 5.74) is 5.53. The van der Waals surface area contributed by atoms with Gasteiger partial charge in [-0.2, -0.15) is 13.2 Å². The van der Waals surface area contributed by atoms with Crippen molar-refractivity contribution >= 4 is 28.6 Å². The fourth-order valence-electron chi connectivity index (χ4n) is 4.41. The monoisotopic (exact) mass is 470 g/mol. The van der Waals surface area contributed by atoms with Crippen molar-refractivity contribution in [2.45, 2.75) is 19.0 Å². The molecule has 8 heteroatoms. The lowest BCUT2D eigenvalue weighted by atomic mass is 9.96. The Hall–Kier alpha value is -3.06. The van der Waals surface area contributed by atoms with E-state index in [1.807, 2.05) is 77.3 Å². The number of halogens is 4. The van der Waals surface area contributed by atoms with Gasteiger partial charge in [0.15, 0.2) is 0 Å². The summed E-state index contributed by atoms with van der Waals surface area (Å²) in [5, 5.41) is 0.691. The van der Waals surface area contributed by atoms with Gasteiger partial charge in [-0.1, -0.05) is 35.9 Å². The molecule has 2 aromatic carbocycles. The number of hydrogen-bond donors (Lipinski definition) is 0. The Bertz CT molecular complexity index is 1270. The summed E-state index contributed by atoms with van der Waals surface area (Å²) < 4.78 is 41.0. The maximum absolute atomic E-state index is 13.0. The number of pyridine rings is 1. The zero-order valence-corrected chi connectivity index (χ0v) is 18.7. The topological polar surface area (TPSA) is 34.0 Å². The summed E-state index contributed by atoms with van der Waals surface area (Å²) in [6, 6.07) is 17.6. The van der Waals surface area contributed by atoms with E-state index < -0.39 is 12.1 Å². The Balaban J connectivity index is 1.38. The summed E-state index contributed by atoms with van der Waals surface area (Å²) in [6.45, 7) is 0.698. The molecule has 0 spiro atoms. The number of rotatable bonds is 3. The first-order chi connectivity index (χ1) is 15.8. The largest absolute Gasteiger partial charge is 0.391 e. The van der Waals surface area contributed by atoms with E-state index in [1.54, 1.807) is 0 Å². The summed E-state index contributed by atoms with van der Waals surface area (Å²) in [6.07, 6.45) is -2.09. The Morgan fingerprint density at radius 3 is 2.21 bits per heavy atom. The van der Waals surface area contributed by atoms with E-state index in [4.69, 9.17) is 16.6 Å². The van der Waals surface area contributed by atoms with Crippen molar-refractivity contribution in [2.24, 2.45) is 13.0 Å². The van der Waals surface area contributed by atoms with Crippen LogP contribution in [0.4, 0.5) is 19.1 Å². The molecule has 1 aliphatic heterocycles. The van der Waals surface area contributed by atoms with Crippen molar-refractivity contribution in [1.82, 2.24) is 14.5 Å². The maximum atomic E-state index is 13.0. The predicted octanol–water partition coefficient (Wildman–Crippen LogP) is 6.73. The fourth-order valence-corrected chi connectivity index (χ4v) is 4.54. The number of piperidine rings is 1. The highest BCUT2D eigenvalue weighted by molar-refractivity contribution is 6.30. The number of aryl methyl sites for hydroxylation is 1. The van der Waals surface area contributed by atoms with Crippen molar-refractivity contribution < 1.29 is 13.2 Å². The normalized spacial score (nSPS) is 15.4. The first kappa shape index (κ1) is 21.8. The van der Waals surface area contributed by atoms with Crippen molar-refractivity contribution in [2.75, 3.05) is 18.0 Å². The second kappa shape index (κ2) is 8.37. The van der Waals surface area contributed by atoms with Crippen LogP contribution in [0.5, 0.6) is 0 Å². The second-order valence-electron chi connectivity index (χ2n) is 8.42. The van der Waals surface area contributed by atoms with Gasteiger partial charge in [0, 0.05) is 42.5 Å². The zero-order valence-electron chi connectivity index (χ0n) is 18.0. The molecule has 4 aromatic rings. The minimum Gasteiger partial charge on any atom is -0.342 e. The summed E-state index contributed by atoms with van der Waals surface area (Å²) in [5.74, 6) is -0.522. The smallest absolute Gasteiger partial charge is 0.342 e. The van der Waals surface area contributed by atoms with E-state index in [9.17, 15) is 13.2 Å². The van der Waals surface area contributed by atoms with E-state index in [0.717, 1.165) is 33.4 Å². The lowest BCUT2D eigenvalue weighted by molar-refractivity contribution is -0.179. The van der Waals surface area contributed by atoms with Crippen LogP contribution in [-0.4, -0.2) is 33.8 Å². The average Bonchev–Trinajstić information content (AvgIpc) is 3.15. The van der Waals surface area contributed by atoms with Crippen LogP contribution in [0.25, 0.3) is 33.4 Å². The van der Waals surface area contributed by atoms with E-state index >= 15 is 0 Å². The number of anilines is 1. The number of fused-ring (bicyclic) bond motifs is 1. The average molecular weight is 471 g/mol. The molecule has 0 amide bonds. The van der Waals surface area contributed by atoms with Crippen LogP contribution in [0.2, 0.25) is 5.02 Å². The quantitative estimate of drug-likeness (QED) is 0.332. The Morgan fingerprint density at radius 2 is 1.58 bits per heavy atom. The van der Waals surface area contributed by atoms with Crippen molar-refractivity contribution in [3.05, 3.63) is 65.8 Å². The van der Waals surface area contributed by atoms with Crippen LogP contribution >= 0.6 is 11.6 Å². The van der Waals surface area contributed by atoms with Crippen LogP contribution in [0, 0.1) is 5.92 Å². The number of nitrogens with zero attached hydrogens (tertiary/aromatic N) is 4. The minimum atomic E-state index is -4.12. The van der Waals surface area contributed by atoms with Gasteiger partial charge < -0.3 is 9.47 Å². The molecule has 1 fully saturated rings. The van der Waals surface area contributed by atoms with Crippen LogP contribution in [0.3, 0.4) is 0 Å². The number of imidazole rings is 1. The molecule has 5 rings (SSSR count). The highest BCUT2D eigenvalue weighted by Crippen LogP contribution is 2.36. The molecule has 1 saturated heterocycles. The molecule has 170 valence electrons. The molecular weight excluding hydrogens is 449 g/mol. The molecule has 0 aliphatic carbocycles. The molecule has 2 aromatic heterocycles. The van der Waals surface area contributed by atoms with Gasteiger partial charge in [0.25, 0.3) is 0 Å². The molecule has 0 unspecified atom stereocenters. The van der Waals surface area contributed by atoms with Gasteiger partial charge in [-0.25, -0.2) is 4.98 Å². The summed E-state index contributed by atoms with van der Waals surface area (Å²) in [4.78, 5) is 11.3. The van der Waals surface area contributed by atoms with Crippen LogP contribution in [0.15, 0.2) is 60.8 Å². The fraction of sp³-hybridized carbons (Fsp3) is 0.280. The van der Waals surface area contributed by atoms with Gasteiger partial charge in [-0.15, -0.1) is 0 Å². The lowest BCUT2D eigenvalue weighted by Crippen LogP contribution is -2.40. The highest BCUT2D eigenvalue weighted by atomic mass is 35.5. The van der Waals surface area contributed by atoms with Crippen molar-refractivity contribution in [3.63, 3.8) is 0 Å². The van der Waals surface area contributed by atoms with Crippen LogP contribution < -0.4 is 4.90 Å². The minimum absolute atomic E-state index is 0.0991. The third kappa shape index (κ3) is 4.29. The molecule has 4 nitrogen and oxygen atoms in total. The Morgan fingerprint density at radius 1 is 0.909 bits per heavy atom. The maximum Gasteiger partial charge on any atom is 0.391 e. The van der Waals surface area contributed by atoms with E-state index in [0.29, 0.717) is 24.1 Å². The first-order valence-electron chi connectivity index (χ1n) is 10.8. The lowest BCUT2D eigenvalue weighted by Gasteiger charge is -2.33. The van der Waals surface area contributed by atoms with Gasteiger partial charge in [-0.05, 0) is 48.7 Å². The van der Waals surface area contributed by atoms with Crippen LogP contribution in [0.1, 0.15) is 12.8 Å². The number of aromatic nitrogens is 3. The van der Waals surface area contributed by atoms with E-state index in [1.165, 1.54) is 0 Å². The Kier molecular flexibility index (Phi) is 5.52. The predicted molar refractivity (Wildman–Crippen MR) is 125 cm³/mol. The standard InChI is InChI=1S/C25H22ClF3N4/c1-32-23-9-5-17(21-8-4-18(15-30-21)16-2-6-20(26)7-3-16)14-22(23)31-24(32)33-12-10-19(11-13-33)25(27,28)29/h2-9,14-15,19H,10-13H2,1H3. The van der Waals surface area contributed by atoms with Gasteiger partial charge >= 0.3 is 6.18 Å². The molecule has 0 atom stereocenters. The van der Waals surface area contributed by atoms with Crippen molar-refractivity contribution in [1.29, 1.82) is 0 Å². The van der Waals surface area contributed by atoms with Gasteiger partial charge in [0.2, 0.25) is 5.95 Å². The molecule has 33 heavy (non-hydrogen) atoms. The Labute approximate surface area is 194 Å². The number of hydrogen-bond acceptors (Lipinski definition) is 3. The van der Waals surface area contributed by atoms with E-state index in [-0.39, 0.29) is 12.8 Å². The molecule has 0 bridgehead atoms. The summed E-state index contributed by atoms with van der Waals surface area (Å²) >= 11 is 5.97. The van der Waals surface area contributed by atoms with Gasteiger partial charge in [0.05, 0.1) is 22.6 Å². The number of alkyl halides is 3. The molecule has 0 radical (unpaired) electrons. The molecule has 0 N–H and O–H groups in total. The third-order valence-electron chi connectivity index (χ3n) is 6.33. The second-order valence-corrected chi connectivity index (χ2v) is 8.85.